The molecule has 2 fully saturated rings. The minimum absolute atomic E-state index is 0.161. The average Bonchev–Trinajstić information content (AvgIpc) is 2.80. The molecule has 0 atom stereocenters. The molecule has 2 rings (SSSR count). The van der Waals surface area contributed by atoms with Gasteiger partial charge in [-0.1, -0.05) is 19.3 Å². The largest absolute Gasteiger partial charge is 0.329 e. The van der Waals surface area contributed by atoms with Gasteiger partial charge >= 0.3 is 0 Å². The Hall–Kier alpha value is -0.610. The zero-order chi connectivity index (χ0) is 11.4. The Labute approximate surface area is 97.5 Å². The topological polar surface area (TPSA) is 58.4 Å². The van der Waals surface area contributed by atoms with E-state index in [-0.39, 0.29) is 11.3 Å². The van der Waals surface area contributed by atoms with Crippen LogP contribution < -0.4 is 11.2 Å². The SMILES string of the molecule is NCC1(C(=O)NN2CCCCC2)CCCC1. The molecule has 0 radical (unpaired) electrons. The number of nitrogens with one attached hydrogen (secondary N) is 1. The number of hydrazine groups is 1. The molecule has 3 N–H and O–H groups in total. The zero-order valence-corrected chi connectivity index (χ0v) is 10.0. The first-order valence-electron chi connectivity index (χ1n) is 6.53. The molecule has 0 aromatic rings. The van der Waals surface area contributed by atoms with Crippen LogP contribution in [-0.4, -0.2) is 30.6 Å². The monoisotopic (exact) mass is 225 g/mol. The predicted octanol–water partition coefficient (Wildman–Crippen LogP) is 1.02. The van der Waals surface area contributed by atoms with Gasteiger partial charge in [0.1, 0.15) is 0 Å². The van der Waals surface area contributed by atoms with Gasteiger partial charge in [-0.15, -0.1) is 0 Å². The lowest BCUT2D eigenvalue weighted by Crippen LogP contribution is -2.52. The van der Waals surface area contributed by atoms with Crippen LogP contribution in [0.15, 0.2) is 0 Å². The minimum Gasteiger partial charge on any atom is -0.329 e. The number of nitrogens with zero attached hydrogens (tertiary/aromatic N) is 1. The number of carbonyl (C=O) groups is 1. The Kier molecular flexibility index (Phi) is 3.82. The molecule has 1 heterocycles. The Bertz CT molecular complexity index is 243. The zero-order valence-electron chi connectivity index (χ0n) is 10.0. The van der Waals surface area contributed by atoms with Crippen LogP contribution in [0.1, 0.15) is 44.9 Å². The lowest BCUT2D eigenvalue weighted by atomic mass is 9.85. The molecule has 4 nitrogen and oxygen atoms in total. The normalized spacial score (nSPS) is 25.6. The van der Waals surface area contributed by atoms with Crippen molar-refractivity contribution in [2.75, 3.05) is 19.6 Å². The molecule has 1 aliphatic heterocycles. The van der Waals surface area contributed by atoms with E-state index < -0.39 is 0 Å². The van der Waals surface area contributed by atoms with Gasteiger partial charge in [-0.05, 0) is 25.7 Å². The molecule has 1 saturated heterocycles. The van der Waals surface area contributed by atoms with Gasteiger partial charge < -0.3 is 5.73 Å². The van der Waals surface area contributed by atoms with Crippen molar-refractivity contribution in [2.45, 2.75) is 44.9 Å². The highest BCUT2D eigenvalue weighted by atomic mass is 16.2. The fraction of sp³-hybridized carbons (Fsp3) is 0.917. The summed E-state index contributed by atoms with van der Waals surface area (Å²) in [6, 6.07) is 0. The van der Waals surface area contributed by atoms with E-state index in [9.17, 15) is 4.79 Å². The summed E-state index contributed by atoms with van der Waals surface area (Å²) >= 11 is 0. The highest BCUT2D eigenvalue weighted by Gasteiger charge is 2.40. The maximum atomic E-state index is 12.2. The van der Waals surface area contributed by atoms with Crippen molar-refractivity contribution in [1.82, 2.24) is 10.4 Å². The van der Waals surface area contributed by atoms with Crippen LogP contribution in [0.5, 0.6) is 0 Å². The van der Waals surface area contributed by atoms with Crippen molar-refractivity contribution in [2.24, 2.45) is 11.1 Å². The van der Waals surface area contributed by atoms with Gasteiger partial charge in [0.2, 0.25) is 5.91 Å². The van der Waals surface area contributed by atoms with Crippen molar-refractivity contribution in [3.8, 4) is 0 Å². The highest BCUT2D eigenvalue weighted by molar-refractivity contribution is 5.82. The maximum Gasteiger partial charge on any atom is 0.241 e. The molecule has 1 amide bonds. The van der Waals surface area contributed by atoms with Crippen LogP contribution >= 0.6 is 0 Å². The Morgan fingerprint density at radius 3 is 2.31 bits per heavy atom. The molecule has 92 valence electrons. The molecular formula is C12H23N3O. The molecular weight excluding hydrogens is 202 g/mol. The van der Waals surface area contributed by atoms with Gasteiger partial charge in [-0.2, -0.15) is 0 Å². The first kappa shape index (κ1) is 11.9. The third-order valence-corrected chi connectivity index (χ3v) is 4.05. The number of rotatable bonds is 3. The number of hydrogen-bond donors (Lipinski definition) is 2. The second kappa shape index (κ2) is 5.15. The predicted molar refractivity (Wildman–Crippen MR) is 63.5 cm³/mol. The quantitative estimate of drug-likeness (QED) is 0.754. The summed E-state index contributed by atoms with van der Waals surface area (Å²) in [6.45, 7) is 2.48. The Balaban J connectivity index is 1.90. The van der Waals surface area contributed by atoms with Gasteiger partial charge in [0.15, 0.2) is 0 Å². The molecule has 1 saturated carbocycles. The number of carbonyl (C=O) groups excluding carboxylic acids is 1. The van der Waals surface area contributed by atoms with E-state index in [4.69, 9.17) is 5.73 Å². The number of hydrogen-bond acceptors (Lipinski definition) is 3. The van der Waals surface area contributed by atoms with Gasteiger partial charge in [-0.25, -0.2) is 5.01 Å². The number of piperidine rings is 1. The minimum atomic E-state index is -0.266. The average molecular weight is 225 g/mol. The molecule has 0 unspecified atom stereocenters. The molecule has 1 aliphatic carbocycles. The molecule has 0 bridgehead atoms. The van der Waals surface area contributed by atoms with Crippen molar-refractivity contribution in [3.05, 3.63) is 0 Å². The van der Waals surface area contributed by atoms with E-state index in [0.29, 0.717) is 6.54 Å². The van der Waals surface area contributed by atoms with E-state index in [1.54, 1.807) is 0 Å². The molecule has 4 heteroatoms. The van der Waals surface area contributed by atoms with E-state index in [1.165, 1.54) is 19.3 Å². The van der Waals surface area contributed by atoms with Crippen LogP contribution in [0.2, 0.25) is 0 Å². The molecule has 0 aromatic carbocycles. The first-order chi connectivity index (χ1) is 7.77. The third-order valence-electron chi connectivity index (χ3n) is 4.05. The third kappa shape index (κ3) is 2.38. The summed E-state index contributed by atoms with van der Waals surface area (Å²) in [5.74, 6) is 0.161. The highest BCUT2D eigenvalue weighted by Crippen LogP contribution is 2.37. The van der Waals surface area contributed by atoms with Gasteiger partial charge in [0.05, 0.1) is 5.41 Å². The van der Waals surface area contributed by atoms with Crippen LogP contribution in [-0.2, 0) is 4.79 Å². The fourth-order valence-electron chi connectivity index (χ4n) is 2.84. The maximum absolute atomic E-state index is 12.2. The van der Waals surface area contributed by atoms with Crippen molar-refractivity contribution in [1.29, 1.82) is 0 Å². The summed E-state index contributed by atoms with van der Waals surface area (Å²) in [5, 5.41) is 2.07. The summed E-state index contributed by atoms with van der Waals surface area (Å²) in [6.07, 6.45) is 7.88. The Morgan fingerprint density at radius 1 is 1.12 bits per heavy atom. The second-order valence-electron chi connectivity index (χ2n) is 5.18. The summed E-state index contributed by atoms with van der Waals surface area (Å²) in [7, 11) is 0. The van der Waals surface area contributed by atoms with E-state index in [0.717, 1.165) is 38.8 Å². The van der Waals surface area contributed by atoms with E-state index in [2.05, 4.69) is 10.4 Å². The standard InChI is InChI=1S/C12H23N3O/c13-10-12(6-2-3-7-12)11(16)14-15-8-4-1-5-9-15/h1-10,13H2,(H,14,16). The van der Waals surface area contributed by atoms with Crippen LogP contribution in [0.25, 0.3) is 0 Å². The smallest absolute Gasteiger partial charge is 0.241 e. The fourth-order valence-corrected chi connectivity index (χ4v) is 2.84. The molecule has 0 spiro atoms. The van der Waals surface area contributed by atoms with E-state index >= 15 is 0 Å². The van der Waals surface area contributed by atoms with Crippen LogP contribution in [0, 0.1) is 5.41 Å². The van der Waals surface area contributed by atoms with Crippen molar-refractivity contribution >= 4 is 5.91 Å². The summed E-state index contributed by atoms with van der Waals surface area (Å²) < 4.78 is 0. The lowest BCUT2D eigenvalue weighted by Gasteiger charge is -2.32. The molecule has 2 aliphatic rings. The second-order valence-corrected chi connectivity index (χ2v) is 5.18. The van der Waals surface area contributed by atoms with Crippen LogP contribution in [0.4, 0.5) is 0 Å². The van der Waals surface area contributed by atoms with Crippen molar-refractivity contribution < 1.29 is 4.79 Å². The Morgan fingerprint density at radius 2 is 1.75 bits per heavy atom. The molecule has 16 heavy (non-hydrogen) atoms. The van der Waals surface area contributed by atoms with Crippen molar-refractivity contribution in [3.63, 3.8) is 0 Å². The van der Waals surface area contributed by atoms with E-state index in [1.807, 2.05) is 0 Å². The number of nitrogens with two attached hydrogens (primary N) is 1. The van der Waals surface area contributed by atoms with Crippen LogP contribution in [0.3, 0.4) is 0 Å². The summed E-state index contributed by atoms with van der Waals surface area (Å²) in [4.78, 5) is 12.2. The van der Waals surface area contributed by atoms with Gasteiger partial charge in [0.25, 0.3) is 0 Å². The molecule has 0 aromatic heterocycles. The van der Waals surface area contributed by atoms with Gasteiger partial charge in [-0.3, -0.25) is 10.2 Å². The lowest BCUT2D eigenvalue weighted by molar-refractivity contribution is -0.136. The number of amides is 1. The first-order valence-corrected chi connectivity index (χ1v) is 6.53. The van der Waals surface area contributed by atoms with Gasteiger partial charge in [0, 0.05) is 19.6 Å². The summed E-state index contributed by atoms with van der Waals surface area (Å²) in [5.41, 5.74) is 8.60.